The fourth-order valence-electron chi connectivity index (χ4n) is 2.74. The van der Waals surface area contributed by atoms with Crippen molar-refractivity contribution in [3.8, 4) is 0 Å². The second kappa shape index (κ2) is 7.56. The van der Waals surface area contributed by atoms with Gasteiger partial charge in [-0.25, -0.2) is 18.4 Å². The normalized spacial score (nSPS) is 13.7. The average Bonchev–Trinajstić information content (AvgIpc) is 3.03. The molecular formula is C17H18N2O5S2. The van der Waals surface area contributed by atoms with Crippen LogP contribution in [-0.2, 0) is 32.4 Å². The van der Waals surface area contributed by atoms with Crippen molar-refractivity contribution in [2.45, 2.75) is 30.6 Å². The lowest BCUT2D eigenvalue weighted by atomic mass is 9.99. The minimum atomic E-state index is -3.86. The Morgan fingerprint density at radius 2 is 1.96 bits per heavy atom. The van der Waals surface area contributed by atoms with Crippen molar-refractivity contribution in [3.05, 3.63) is 45.6 Å². The van der Waals surface area contributed by atoms with Crippen LogP contribution in [0.4, 0.5) is 5.69 Å². The fraction of sp³-hybridized carbons (Fsp3) is 0.294. The number of carbonyl (C=O) groups excluding carboxylic acids is 2. The lowest BCUT2D eigenvalue weighted by molar-refractivity contribution is -0.119. The number of esters is 1. The summed E-state index contributed by atoms with van der Waals surface area (Å²) < 4.78 is 27.7. The lowest BCUT2D eigenvalue weighted by Crippen LogP contribution is -2.21. The number of fused-ring (bicyclic) bond motifs is 1. The third kappa shape index (κ3) is 4.48. The molecule has 0 fully saturated rings. The minimum Gasteiger partial charge on any atom is -0.451 e. The van der Waals surface area contributed by atoms with E-state index in [1.165, 1.54) is 46.0 Å². The molecule has 0 spiro atoms. The molecule has 1 aliphatic rings. The zero-order chi connectivity index (χ0) is 18.7. The first-order chi connectivity index (χ1) is 12.3. The second-order valence-corrected chi connectivity index (χ2v) is 8.66. The molecule has 0 atom stereocenters. The number of hydrogen-bond donors (Lipinski definition) is 2. The molecule has 26 heavy (non-hydrogen) atoms. The number of thiophene rings is 1. The van der Waals surface area contributed by atoms with E-state index in [-0.39, 0.29) is 10.6 Å². The topological polar surface area (TPSA) is 116 Å². The molecule has 0 unspecified atom stereocenters. The van der Waals surface area contributed by atoms with Gasteiger partial charge in [0, 0.05) is 10.6 Å². The van der Waals surface area contributed by atoms with Crippen LogP contribution >= 0.6 is 11.3 Å². The number of aryl methyl sites for hydroxylation is 2. The molecule has 0 radical (unpaired) electrons. The predicted molar refractivity (Wildman–Crippen MR) is 97.7 cm³/mol. The number of carbonyl (C=O) groups is 2. The molecule has 3 N–H and O–H groups in total. The van der Waals surface area contributed by atoms with Crippen molar-refractivity contribution in [1.29, 1.82) is 0 Å². The summed E-state index contributed by atoms with van der Waals surface area (Å²) in [6.45, 7) is -0.457. The molecule has 138 valence electrons. The van der Waals surface area contributed by atoms with Crippen LogP contribution in [0.2, 0.25) is 0 Å². The number of anilines is 1. The molecule has 1 amide bonds. The Bertz CT molecular complexity index is 926. The van der Waals surface area contributed by atoms with Crippen molar-refractivity contribution in [3.63, 3.8) is 0 Å². The van der Waals surface area contributed by atoms with Crippen LogP contribution in [0.1, 0.15) is 33.0 Å². The zero-order valence-corrected chi connectivity index (χ0v) is 15.5. The van der Waals surface area contributed by atoms with Gasteiger partial charge in [-0.15, -0.1) is 11.3 Å². The molecule has 0 saturated heterocycles. The maximum absolute atomic E-state index is 12.1. The Balaban J connectivity index is 1.57. The van der Waals surface area contributed by atoms with Gasteiger partial charge in [0.05, 0.1) is 4.90 Å². The Morgan fingerprint density at radius 1 is 1.19 bits per heavy atom. The van der Waals surface area contributed by atoms with Gasteiger partial charge in [-0.3, -0.25) is 4.79 Å². The quantitative estimate of drug-likeness (QED) is 0.753. The van der Waals surface area contributed by atoms with Gasteiger partial charge < -0.3 is 10.1 Å². The summed E-state index contributed by atoms with van der Waals surface area (Å²) in [6.07, 6.45) is 4.20. The Labute approximate surface area is 155 Å². The number of sulfonamides is 1. The first-order valence-electron chi connectivity index (χ1n) is 8.04. The molecular weight excluding hydrogens is 376 g/mol. The van der Waals surface area contributed by atoms with Gasteiger partial charge in [-0.05, 0) is 55.5 Å². The smallest absolute Gasteiger partial charge is 0.348 e. The van der Waals surface area contributed by atoms with Gasteiger partial charge >= 0.3 is 5.97 Å². The molecule has 1 aliphatic carbocycles. The summed E-state index contributed by atoms with van der Waals surface area (Å²) in [4.78, 5) is 25.7. The van der Waals surface area contributed by atoms with Crippen molar-refractivity contribution >= 4 is 38.9 Å². The number of nitrogens with two attached hydrogens (primary N) is 1. The highest BCUT2D eigenvalue weighted by molar-refractivity contribution is 7.89. The molecule has 9 heteroatoms. The van der Waals surface area contributed by atoms with E-state index in [4.69, 9.17) is 9.88 Å². The summed E-state index contributed by atoms with van der Waals surface area (Å²) >= 11 is 1.42. The number of hydrogen-bond acceptors (Lipinski definition) is 6. The molecule has 1 heterocycles. The second-order valence-electron chi connectivity index (χ2n) is 5.96. The summed E-state index contributed by atoms with van der Waals surface area (Å²) in [6, 6.07) is 7.38. The Morgan fingerprint density at radius 3 is 2.69 bits per heavy atom. The van der Waals surface area contributed by atoms with Crippen molar-refractivity contribution in [2.75, 3.05) is 11.9 Å². The number of primary sulfonamides is 1. The number of benzene rings is 1. The molecule has 0 bridgehead atoms. The average molecular weight is 394 g/mol. The Hall–Kier alpha value is -2.23. The molecule has 1 aromatic carbocycles. The van der Waals surface area contributed by atoms with E-state index in [1.54, 1.807) is 0 Å². The van der Waals surface area contributed by atoms with E-state index in [0.29, 0.717) is 4.88 Å². The van der Waals surface area contributed by atoms with Crippen LogP contribution in [0.5, 0.6) is 0 Å². The standard InChI is InChI=1S/C17H18N2O5S2/c18-26(22,23)13-6-3-5-12(9-13)19-16(20)10-24-17(21)15-8-11-4-1-2-7-14(11)25-15/h3,5-6,8-9H,1-2,4,7,10H2,(H,19,20)(H2,18,22,23). The molecule has 0 saturated carbocycles. The highest BCUT2D eigenvalue weighted by Gasteiger charge is 2.19. The van der Waals surface area contributed by atoms with Crippen LogP contribution in [0.25, 0.3) is 0 Å². The van der Waals surface area contributed by atoms with Crippen LogP contribution in [0.3, 0.4) is 0 Å². The van der Waals surface area contributed by atoms with E-state index in [2.05, 4.69) is 5.32 Å². The van der Waals surface area contributed by atoms with Gasteiger partial charge in [0.2, 0.25) is 10.0 Å². The van der Waals surface area contributed by atoms with Gasteiger partial charge in [0.1, 0.15) is 4.88 Å². The van der Waals surface area contributed by atoms with Gasteiger partial charge in [0.25, 0.3) is 5.91 Å². The van der Waals surface area contributed by atoms with Crippen LogP contribution < -0.4 is 10.5 Å². The molecule has 1 aromatic heterocycles. The lowest BCUT2D eigenvalue weighted by Gasteiger charge is -2.08. The maximum Gasteiger partial charge on any atom is 0.348 e. The first-order valence-corrected chi connectivity index (χ1v) is 10.4. The summed E-state index contributed by atoms with van der Waals surface area (Å²) in [5.74, 6) is -1.09. The van der Waals surface area contributed by atoms with Crippen LogP contribution in [0, 0.1) is 0 Å². The third-order valence-corrected chi connectivity index (χ3v) is 6.11. The van der Waals surface area contributed by atoms with E-state index >= 15 is 0 Å². The van der Waals surface area contributed by atoms with Crippen LogP contribution in [-0.4, -0.2) is 26.9 Å². The Kier molecular flexibility index (Phi) is 5.40. The number of amides is 1. The van der Waals surface area contributed by atoms with E-state index in [9.17, 15) is 18.0 Å². The van der Waals surface area contributed by atoms with Gasteiger partial charge in [-0.2, -0.15) is 0 Å². The van der Waals surface area contributed by atoms with E-state index < -0.39 is 28.5 Å². The maximum atomic E-state index is 12.1. The molecule has 0 aliphatic heterocycles. The highest BCUT2D eigenvalue weighted by Crippen LogP contribution is 2.30. The van der Waals surface area contributed by atoms with Gasteiger partial charge in [0.15, 0.2) is 6.61 Å². The summed E-state index contributed by atoms with van der Waals surface area (Å²) in [5.41, 5.74) is 1.45. The predicted octanol–water partition coefficient (Wildman–Crippen LogP) is 2.07. The first kappa shape index (κ1) is 18.6. The monoisotopic (exact) mass is 394 g/mol. The van der Waals surface area contributed by atoms with Gasteiger partial charge in [-0.1, -0.05) is 6.07 Å². The van der Waals surface area contributed by atoms with E-state index in [1.807, 2.05) is 6.07 Å². The summed E-state index contributed by atoms with van der Waals surface area (Å²) in [7, 11) is -3.86. The van der Waals surface area contributed by atoms with Crippen molar-refractivity contribution < 1.29 is 22.7 Å². The molecule has 3 rings (SSSR count). The van der Waals surface area contributed by atoms with E-state index in [0.717, 1.165) is 25.7 Å². The number of nitrogens with one attached hydrogen (secondary N) is 1. The molecule has 7 nitrogen and oxygen atoms in total. The van der Waals surface area contributed by atoms with Crippen molar-refractivity contribution in [2.24, 2.45) is 5.14 Å². The summed E-state index contributed by atoms with van der Waals surface area (Å²) in [5, 5.41) is 7.53. The number of rotatable bonds is 5. The molecule has 2 aromatic rings. The largest absolute Gasteiger partial charge is 0.451 e. The zero-order valence-electron chi connectivity index (χ0n) is 13.9. The SMILES string of the molecule is NS(=O)(=O)c1cccc(NC(=O)COC(=O)c2cc3c(s2)CCCC3)c1. The fourth-order valence-corrected chi connectivity index (χ4v) is 4.45. The third-order valence-electron chi connectivity index (χ3n) is 3.98. The van der Waals surface area contributed by atoms with Crippen LogP contribution in [0.15, 0.2) is 35.2 Å². The number of ether oxygens (including phenoxy) is 1. The highest BCUT2D eigenvalue weighted by atomic mass is 32.2. The van der Waals surface area contributed by atoms with Crippen molar-refractivity contribution in [1.82, 2.24) is 0 Å². The minimum absolute atomic E-state index is 0.114.